The molecule has 33 heavy (non-hydrogen) atoms. The number of hydrogen-bond donors (Lipinski definition) is 3. The van der Waals surface area contributed by atoms with Gasteiger partial charge in [0.1, 0.15) is 6.61 Å². The Morgan fingerprint density at radius 2 is 1.61 bits per heavy atom. The summed E-state index contributed by atoms with van der Waals surface area (Å²) in [6.07, 6.45) is 1.61. The van der Waals surface area contributed by atoms with E-state index < -0.39 is 23.4 Å². The molecule has 0 radical (unpaired) electrons. The van der Waals surface area contributed by atoms with Gasteiger partial charge in [0.15, 0.2) is 0 Å². The molecule has 2 aliphatic rings. The minimum absolute atomic E-state index is 0.0240. The summed E-state index contributed by atoms with van der Waals surface area (Å²) in [7, 11) is 0. The van der Waals surface area contributed by atoms with Gasteiger partial charge in [0.05, 0.1) is 11.3 Å². The molecule has 7 nitrogen and oxygen atoms in total. The lowest BCUT2D eigenvalue weighted by molar-refractivity contribution is -0.146. The molecule has 0 aromatic heterocycles. The van der Waals surface area contributed by atoms with Crippen molar-refractivity contribution in [2.45, 2.75) is 45.1 Å². The first kappa shape index (κ1) is 22.8. The van der Waals surface area contributed by atoms with Crippen LogP contribution in [-0.4, -0.2) is 42.3 Å². The number of rotatable bonds is 7. The molecule has 7 heteroatoms. The number of nitrogens with one attached hydrogen (secondary N) is 2. The number of carbonyl (C=O) groups excluding carboxylic acids is 2. The summed E-state index contributed by atoms with van der Waals surface area (Å²) >= 11 is 0. The monoisotopic (exact) mass is 450 g/mol. The lowest BCUT2D eigenvalue weighted by Gasteiger charge is -2.24. The van der Waals surface area contributed by atoms with Crippen molar-refractivity contribution in [3.05, 3.63) is 59.7 Å². The van der Waals surface area contributed by atoms with E-state index in [1.807, 2.05) is 24.3 Å². The van der Waals surface area contributed by atoms with Gasteiger partial charge in [0.25, 0.3) is 0 Å². The fourth-order valence-electron chi connectivity index (χ4n) is 4.75. The van der Waals surface area contributed by atoms with Crippen LogP contribution < -0.4 is 10.6 Å². The molecule has 0 unspecified atom stereocenters. The molecular formula is C26H30N2O5. The number of hydrogen-bond acceptors (Lipinski definition) is 4. The van der Waals surface area contributed by atoms with Gasteiger partial charge in [-0.2, -0.15) is 0 Å². The molecular weight excluding hydrogens is 420 g/mol. The normalized spacial score (nSPS) is 19.5. The first-order valence-electron chi connectivity index (χ1n) is 11.4. The summed E-state index contributed by atoms with van der Waals surface area (Å²) in [5, 5.41) is 14.8. The van der Waals surface area contributed by atoms with Gasteiger partial charge in [-0.3, -0.25) is 9.59 Å². The van der Waals surface area contributed by atoms with E-state index in [1.54, 1.807) is 13.8 Å². The van der Waals surface area contributed by atoms with Crippen LogP contribution in [0.2, 0.25) is 0 Å². The van der Waals surface area contributed by atoms with Crippen molar-refractivity contribution in [1.82, 2.24) is 10.6 Å². The van der Waals surface area contributed by atoms with Crippen molar-refractivity contribution < 1.29 is 24.2 Å². The van der Waals surface area contributed by atoms with Crippen LogP contribution in [0.4, 0.5) is 4.79 Å². The van der Waals surface area contributed by atoms with Crippen molar-refractivity contribution in [3.63, 3.8) is 0 Å². The van der Waals surface area contributed by atoms with Crippen LogP contribution in [0.15, 0.2) is 48.5 Å². The molecule has 2 aliphatic carbocycles. The molecule has 174 valence electrons. The van der Waals surface area contributed by atoms with E-state index in [-0.39, 0.29) is 31.0 Å². The van der Waals surface area contributed by atoms with Crippen molar-refractivity contribution in [1.29, 1.82) is 0 Å². The van der Waals surface area contributed by atoms with E-state index in [0.29, 0.717) is 12.8 Å². The molecule has 0 bridgehead atoms. The second kappa shape index (κ2) is 9.25. The zero-order valence-corrected chi connectivity index (χ0v) is 19.0. The van der Waals surface area contributed by atoms with Crippen molar-refractivity contribution >= 4 is 18.0 Å². The van der Waals surface area contributed by atoms with E-state index in [1.165, 1.54) is 11.1 Å². The number of fused-ring (bicyclic) bond motifs is 3. The molecule has 0 aliphatic heterocycles. The van der Waals surface area contributed by atoms with Gasteiger partial charge >= 0.3 is 12.1 Å². The Hall–Kier alpha value is -3.35. The lowest BCUT2D eigenvalue weighted by atomic mass is 9.93. The van der Waals surface area contributed by atoms with Crippen LogP contribution in [0.3, 0.4) is 0 Å². The predicted molar refractivity (Wildman–Crippen MR) is 124 cm³/mol. The van der Waals surface area contributed by atoms with Gasteiger partial charge in [-0.1, -0.05) is 55.0 Å². The fraction of sp³-hybridized carbons (Fsp3) is 0.423. The Balaban J connectivity index is 1.34. The Kier molecular flexibility index (Phi) is 6.40. The summed E-state index contributed by atoms with van der Waals surface area (Å²) in [6.45, 7) is 3.39. The van der Waals surface area contributed by atoms with Gasteiger partial charge in [0, 0.05) is 18.5 Å². The lowest BCUT2D eigenvalue weighted by Crippen LogP contribution is -2.47. The van der Waals surface area contributed by atoms with Crippen LogP contribution in [0, 0.1) is 11.3 Å². The molecule has 2 aromatic rings. The average molecular weight is 451 g/mol. The molecule has 0 heterocycles. The zero-order valence-electron chi connectivity index (χ0n) is 19.0. The van der Waals surface area contributed by atoms with Crippen molar-refractivity contribution in [2.75, 3.05) is 13.2 Å². The fourth-order valence-corrected chi connectivity index (χ4v) is 4.75. The first-order chi connectivity index (χ1) is 15.8. The first-order valence-corrected chi connectivity index (χ1v) is 11.4. The maximum Gasteiger partial charge on any atom is 0.407 e. The van der Waals surface area contributed by atoms with Gasteiger partial charge in [0.2, 0.25) is 5.91 Å². The standard InChI is InChI=1S/C26H30N2O5/c1-26(2,24(30)31)15-27-23(29)20-12-7-13-22(20)28-25(32)33-14-21-18-10-5-3-8-16(18)17-9-4-6-11-19(17)21/h3-6,8-11,20-22H,7,12-15H2,1-2H3,(H,27,29)(H,28,32)(H,30,31)/t20-,22+/m1/s1. The maximum absolute atomic E-state index is 12.7. The molecule has 1 saturated carbocycles. The highest BCUT2D eigenvalue weighted by molar-refractivity contribution is 5.82. The zero-order chi connectivity index (χ0) is 23.6. The van der Waals surface area contributed by atoms with E-state index in [0.717, 1.165) is 17.5 Å². The number of carboxylic acid groups (broad SMARTS) is 1. The molecule has 1 fully saturated rings. The molecule has 3 N–H and O–H groups in total. The number of aliphatic carboxylic acids is 1. The minimum Gasteiger partial charge on any atom is -0.481 e. The van der Waals surface area contributed by atoms with E-state index in [9.17, 15) is 19.5 Å². The minimum atomic E-state index is -1.05. The Labute approximate surface area is 193 Å². The SMILES string of the molecule is CC(C)(CNC(=O)[C@@H]1CCC[C@@H]1NC(=O)OCC1c2ccccc2-c2ccccc21)C(=O)O. The predicted octanol–water partition coefficient (Wildman–Crippen LogP) is 3.92. The second-order valence-electron chi connectivity index (χ2n) is 9.52. The van der Waals surface area contributed by atoms with Crippen LogP contribution in [0.25, 0.3) is 11.1 Å². The van der Waals surface area contributed by atoms with E-state index in [4.69, 9.17) is 4.74 Å². The van der Waals surface area contributed by atoms with Gasteiger partial charge in [-0.15, -0.1) is 0 Å². The number of benzene rings is 2. The topological polar surface area (TPSA) is 105 Å². The molecule has 2 amide bonds. The third kappa shape index (κ3) is 4.72. The van der Waals surface area contributed by atoms with E-state index in [2.05, 4.69) is 34.9 Å². The third-order valence-electron chi connectivity index (χ3n) is 6.78. The number of ether oxygens (including phenoxy) is 1. The number of carboxylic acids is 1. The molecule has 0 saturated heterocycles. The summed E-state index contributed by atoms with van der Waals surface area (Å²) in [4.78, 5) is 36.5. The largest absolute Gasteiger partial charge is 0.481 e. The van der Waals surface area contributed by atoms with Crippen molar-refractivity contribution in [3.8, 4) is 11.1 Å². The van der Waals surface area contributed by atoms with Gasteiger partial charge < -0.3 is 20.5 Å². The van der Waals surface area contributed by atoms with Crippen LogP contribution in [0.1, 0.15) is 50.2 Å². The third-order valence-corrected chi connectivity index (χ3v) is 6.78. The number of carbonyl (C=O) groups is 3. The van der Waals surface area contributed by atoms with E-state index >= 15 is 0 Å². The van der Waals surface area contributed by atoms with Crippen LogP contribution >= 0.6 is 0 Å². The van der Waals surface area contributed by atoms with Crippen LogP contribution in [0.5, 0.6) is 0 Å². The quantitative estimate of drug-likeness (QED) is 0.593. The highest BCUT2D eigenvalue weighted by atomic mass is 16.5. The van der Waals surface area contributed by atoms with Crippen molar-refractivity contribution in [2.24, 2.45) is 11.3 Å². The summed E-state index contributed by atoms with van der Waals surface area (Å²) in [5.74, 6) is -1.62. The summed E-state index contributed by atoms with van der Waals surface area (Å²) < 4.78 is 5.62. The highest BCUT2D eigenvalue weighted by Gasteiger charge is 2.36. The highest BCUT2D eigenvalue weighted by Crippen LogP contribution is 2.44. The Morgan fingerprint density at radius 1 is 1.00 bits per heavy atom. The summed E-state index contributed by atoms with van der Waals surface area (Å²) in [5.41, 5.74) is 3.57. The van der Waals surface area contributed by atoms with Crippen LogP contribution in [-0.2, 0) is 14.3 Å². The van der Waals surface area contributed by atoms with Gasteiger partial charge in [-0.05, 0) is 48.9 Å². The molecule has 2 aromatic carbocycles. The molecule has 4 rings (SSSR count). The Bertz CT molecular complexity index is 1020. The average Bonchev–Trinajstić information content (AvgIpc) is 3.38. The molecule has 0 spiro atoms. The number of amides is 2. The molecule has 2 atom stereocenters. The number of alkyl carbamates (subject to hydrolysis) is 1. The van der Waals surface area contributed by atoms with Gasteiger partial charge in [-0.25, -0.2) is 4.79 Å². The maximum atomic E-state index is 12.7. The summed E-state index contributed by atoms with van der Waals surface area (Å²) in [6, 6.07) is 16.0. The Morgan fingerprint density at radius 3 is 2.21 bits per heavy atom. The second-order valence-corrected chi connectivity index (χ2v) is 9.52. The smallest absolute Gasteiger partial charge is 0.407 e.